The number of rotatable bonds is 4. The average Bonchev–Trinajstić information content (AvgIpc) is 2.79. The average molecular weight is 253 g/mol. The zero-order valence-corrected chi connectivity index (χ0v) is 11.8. The first-order valence-corrected chi connectivity index (χ1v) is 7.33. The number of amides is 1. The van der Waals surface area contributed by atoms with Crippen LogP contribution in [0.15, 0.2) is 0 Å². The van der Waals surface area contributed by atoms with Crippen molar-refractivity contribution in [1.82, 2.24) is 15.5 Å². The van der Waals surface area contributed by atoms with Crippen LogP contribution in [-0.2, 0) is 4.79 Å². The van der Waals surface area contributed by atoms with E-state index in [0.29, 0.717) is 12.5 Å². The van der Waals surface area contributed by atoms with Gasteiger partial charge in [0.25, 0.3) is 0 Å². The first kappa shape index (κ1) is 13.8. The number of hydrogen-bond acceptors (Lipinski definition) is 3. The van der Waals surface area contributed by atoms with Gasteiger partial charge in [0.2, 0.25) is 5.91 Å². The third-order valence-electron chi connectivity index (χ3n) is 4.32. The molecule has 4 nitrogen and oxygen atoms in total. The lowest BCUT2D eigenvalue weighted by Crippen LogP contribution is -2.51. The second-order valence-electron chi connectivity index (χ2n) is 6.26. The molecule has 0 unspecified atom stereocenters. The molecule has 2 saturated heterocycles. The van der Waals surface area contributed by atoms with Gasteiger partial charge in [0.1, 0.15) is 0 Å². The summed E-state index contributed by atoms with van der Waals surface area (Å²) in [6.07, 6.45) is 5.38. The highest BCUT2D eigenvalue weighted by Gasteiger charge is 2.29. The molecule has 0 saturated carbocycles. The number of nitrogens with zero attached hydrogens (tertiary/aromatic N) is 1. The number of carbonyl (C=O) groups is 1. The number of carbonyl (C=O) groups excluding carboxylic acids is 1. The van der Waals surface area contributed by atoms with Gasteiger partial charge in [-0.15, -0.1) is 0 Å². The number of nitrogens with one attached hydrogen (secondary N) is 2. The lowest BCUT2D eigenvalue weighted by atomic mass is 10.0. The molecular formula is C14H27N3O. The van der Waals surface area contributed by atoms with Crippen LogP contribution in [0.5, 0.6) is 0 Å². The van der Waals surface area contributed by atoms with Gasteiger partial charge in [0, 0.05) is 31.1 Å². The Kier molecular flexibility index (Phi) is 4.62. The molecule has 0 aromatic carbocycles. The summed E-state index contributed by atoms with van der Waals surface area (Å²) in [5.41, 5.74) is 0.236. The third kappa shape index (κ3) is 3.69. The molecule has 2 aliphatic rings. The van der Waals surface area contributed by atoms with Crippen LogP contribution in [0.4, 0.5) is 0 Å². The Morgan fingerprint density at radius 1 is 1.33 bits per heavy atom. The zero-order valence-electron chi connectivity index (χ0n) is 11.8. The fourth-order valence-corrected chi connectivity index (χ4v) is 2.96. The maximum atomic E-state index is 11.3. The summed E-state index contributed by atoms with van der Waals surface area (Å²) in [4.78, 5) is 13.9. The lowest BCUT2D eigenvalue weighted by Gasteiger charge is -2.37. The summed E-state index contributed by atoms with van der Waals surface area (Å²) in [7, 11) is 0. The van der Waals surface area contributed by atoms with Crippen LogP contribution in [0.3, 0.4) is 0 Å². The van der Waals surface area contributed by atoms with Crippen molar-refractivity contribution in [2.24, 2.45) is 0 Å². The molecule has 0 aliphatic carbocycles. The maximum Gasteiger partial charge on any atom is 0.220 e. The van der Waals surface area contributed by atoms with Gasteiger partial charge in [-0.3, -0.25) is 9.69 Å². The largest absolute Gasteiger partial charge is 0.356 e. The summed E-state index contributed by atoms with van der Waals surface area (Å²) >= 11 is 0. The highest BCUT2D eigenvalue weighted by Crippen LogP contribution is 2.20. The van der Waals surface area contributed by atoms with E-state index in [2.05, 4.69) is 29.4 Å². The molecule has 0 bridgehead atoms. The number of hydrogen-bond donors (Lipinski definition) is 2. The summed E-state index contributed by atoms with van der Waals surface area (Å²) in [6.45, 7) is 8.96. The van der Waals surface area contributed by atoms with E-state index in [0.717, 1.165) is 25.9 Å². The van der Waals surface area contributed by atoms with E-state index >= 15 is 0 Å². The predicted octanol–water partition coefficient (Wildman–Crippen LogP) is 1.12. The molecule has 0 spiro atoms. The Morgan fingerprint density at radius 3 is 2.78 bits per heavy atom. The van der Waals surface area contributed by atoms with Gasteiger partial charge >= 0.3 is 0 Å². The second kappa shape index (κ2) is 6.02. The van der Waals surface area contributed by atoms with Crippen molar-refractivity contribution >= 4 is 5.91 Å². The monoisotopic (exact) mass is 253 g/mol. The molecule has 1 atom stereocenters. The first-order chi connectivity index (χ1) is 8.58. The van der Waals surface area contributed by atoms with Crippen LogP contribution in [0.2, 0.25) is 0 Å². The molecule has 0 aromatic heterocycles. The van der Waals surface area contributed by atoms with Crippen LogP contribution >= 0.6 is 0 Å². The van der Waals surface area contributed by atoms with Gasteiger partial charge in [0.05, 0.1) is 0 Å². The van der Waals surface area contributed by atoms with Crippen molar-refractivity contribution in [3.63, 3.8) is 0 Å². The Morgan fingerprint density at radius 2 is 2.06 bits per heavy atom. The molecule has 0 radical (unpaired) electrons. The second-order valence-corrected chi connectivity index (χ2v) is 6.26. The quantitative estimate of drug-likeness (QED) is 0.789. The molecule has 18 heavy (non-hydrogen) atoms. The van der Waals surface area contributed by atoms with Crippen LogP contribution in [0.25, 0.3) is 0 Å². The van der Waals surface area contributed by atoms with Gasteiger partial charge in [-0.05, 0) is 52.6 Å². The van der Waals surface area contributed by atoms with Crippen molar-refractivity contribution < 1.29 is 4.79 Å². The van der Waals surface area contributed by atoms with Gasteiger partial charge in [0.15, 0.2) is 0 Å². The molecule has 4 heteroatoms. The van der Waals surface area contributed by atoms with Crippen LogP contribution in [0.1, 0.15) is 46.0 Å². The molecule has 2 heterocycles. The minimum atomic E-state index is 0.207. The molecule has 2 fully saturated rings. The summed E-state index contributed by atoms with van der Waals surface area (Å²) < 4.78 is 0. The highest BCUT2D eigenvalue weighted by atomic mass is 16.1. The topological polar surface area (TPSA) is 44.4 Å². The Bertz CT molecular complexity index is 285. The van der Waals surface area contributed by atoms with Crippen molar-refractivity contribution in [1.29, 1.82) is 0 Å². The molecule has 2 aliphatic heterocycles. The Hall–Kier alpha value is -0.610. The van der Waals surface area contributed by atoms with E-state index in [9.17, 15) is 4.79 Å². The normalized spacial score (nSPS) is 27.0. The van der Waals surface area contributed by atoms with Crippen molar-refractivity contribution in [2.45, 2.75) is 57.5 Å². The number of likely N-dealkylation sites (tertiary alicyclic amines) is 1. The maximum absolute atomic E-state index is 11.3. The van der Waals surface area contributed by atoms with Crippen molar-refractivity contribution in [3.8, 4) is 0 Å². The van der Waals surface area contributed by atoms with Crippen LogP contribution in [-0.4, -0.2) is 48.6 Å². The summed E-state index contributed by atoms with van der Waals surface area (Å²) in [5.74, 6) is 0.207. The van der Waals surface area contributed by atoms with Crippen molar-refractivity contribution in [2.75, 3.05) is 26.2 Å². The van der Waals surface area contributed by atoms with E-state index < -0.39 is 0 Å². The van der Waals surface area contributed by atoms with E-state index in [4.69, 9.17) is 0 Å². The molecule has 2 N–H and O–H groups in total. The van der Waals surface area contributed by atoms with Gasteiger partial charge in [-0.2, -0.15) is 0 Å². The molecule has 1 amide bonds. The lowest BCUT2D eigenvalue weighted by molar-refractivity contribution is -0.120. The minimum absolute atomic E-state index is 0.207. The zero-order chi connectivity index (χ0) is 13.0. The molecular weight excluding hydrogens is 226 g/mol. The first-order valence-electron chi connectivity index (χ1n) is 7.33. The molecule has 104 valence electrons. The SMILES string of the molecule is CC(C)(CN[C@H]1CCNC(=O)CC1)N1CCCC1. The molecule has 2 rings (SSSR count). The van der Waals surface area contributed by atoms with E-state index in [1.54, 1.807) is 0 Å². The van der Waals surface area contributed by atoms with E-state index in [-0.39, 0.29) is 11.4 Å². The molecule has 0 aromatic rings. The smallest absolute Gasteiger partial charge is 0.220 e. The minimum Gasteiger partial charge on any atom is -0.356 e. The highest BCUT2D eigenvalue weighted by molar-refractivity contribution is 5.76. The van der Waals surface area contributed by atoms with Gasteiger partial charge in [-0.1, -0.05) is 0 Å². The van der Waals surface area contributed by atoms with Crippen LogP contribution < -0.4 is 10.6 Å². The predicted molar refractivity (Wildman–Crippen MR) is 73.5 cm³/mol. The Labute approximate surface area is 110 Å². The summed E-state index contributed by atoms with van der Waals surface area (Å²) in [6, 6.07) is 0.492. The Balaban J connectivity index is 1.77. The van der Waals surface area contributed by atoms with Crippen LogP contribution in [0, 0.1) is 0 Å². The standard InChI is InChI=1S/C14H27N3O/c1-14(2,17-9-3-4-10-17)11-16-12-5-6-13(18)15-8-7-12/h12,16H,3-11H2,1-2H3,(H,15,18)/t12-/m1/s1. The van der Waals surface area contributed by atoms with E-state index in [1.807, 2.05) is 0 Å². The fraction of sp³-hybridized carbons (Fsp3) is 0.929. The van der Waals surface area contributed by atoms with Gasteiger partial charge < -0.3 is 10.6 Å². The fourth-order valence-electron chi connectivity index (χ4n) is 2.96. The summed E-state index contributed by atoms with van der Waals surface area (Å²) in [5, 5.41) is 6.60. The van der Waals surface area contributed by atoms with E-state index in [1.165, 1.54) is 25.9 Å². The van der Waals surface area contributed by atoms with Gasteiger partial charge in [-0.25, -0.2) is 0 Å². The van der Waals surface area contributed by atoms with Crippen molar-refractivity contribution in [3.05, 3.63) is 0 Å². The third-order valence-corrected chi connectivity index (χ3v) is 4.32.